The van der Waals surface area contributed by atoms with E-state index in [1.165, 1.54) is 6.07 Å². The zero-order chi connectivity index (χ0) is 24.7. The van der Waals surface area contributed by atoms with Crippen LogP contribution in [-0.4, -0.2) is 67.0 Å². The van der Waals surface area contributed by atoms with Crippen LogP contribution >= 0.6 is 12.6 Å². The van der Waals surface area contributed by atoms with Crippen molar-refractivity contribution >= 4 is 42.4 Å². The number of ether oxygens (including phenoxy) is 5. The van der Waals surface area contributed by atoms with Crippen molar-refractivity contribution in [2.75, 3.05) is 6.61 Å². The van der Waals surface area contributed by atoms with Gasteiger partial charge in [0.2, 0.25) is 6.29 Å². The minimum absolute atomic E-state index is 0.190. The molecule has 1 fully saturated rings. The van der Waals surface area contributed by atoms with Crippen LogP contribution in [0.4, 0.5) is 0 Å². The summed E-state index contributed by atoms with van der Waals surface area (Å²) in [5.74, 6) is -3.55. The summed E-state index contributed by atoms with van der Waals surface area (Å²) in [6.45, 7) is 4.11. The minimum atomic E-state index is -1.46. The van der Waals surface area contributed by atoms with Crippen LogP contribution in [0, 0.1) is 0 Å². The number of hydrogen-bond acceptors (Lipinski definition) is 11. The number of hydrogen-bond donors (Lipinski definition) is 2. The predicted octanol–water partition coefficient (Wildman–Crippen LogP) is 0.788. The van der Waals surface area contributed by atoms with Crippen molar-refractivity contribution in [3.8, 4) is 0 Å². The molecule has 1 aromatic rings. The summed E-state index contributed by atoms with van der Waals surface area (Å²) >= 11 is 4.25. The number of thiol groups is 1. The first kappa shape index (κ1) is 26.1. The highest BCUT2D eigenvalue weighted by atomic mass is 32.1. The quantitative estimate of drug-likeness (QED) is 0.324. The molecule has 33 heavy (non-hydrogen) atoms. The van der Waals surface area contributed by atoms with Crippen LogP contribution in [-0.2, 0) is 42.9 Å². The molecule has 1 saturated heterocycles. The van der Waals surface area contributed by atoms with Gasteiger partial charge in [0.1, 0.15) is 18.8 Å². The van der Waals surface area contributed by atoms with E-state index in [1.807, 2.05) is 0 Å². The SMILES string of the molecule is CC(=O)OCC1OC(OC(C)=O)C(NC(=O)c2ccccc2S)C(OC(C)=O)[C@@H]1OC(C)=O. The van der Waals surface area contributed by atoms with Gasteiger partial charge in [-0.05, 0) is 12.1 Å². The molecular weight excluding hydrogens is 458 g/mol. The zero-order valence-corrected chi connectivity index (χ0v) is 19.3. The zero-order valence-electron chi connectivity index (χ0n) is 18.4. The lowest BCUT2D eigenvalue weighted by molar-refractivity contribution is -0.270. The first-order chi connectivity index (χ1) is 15.5. The Morgan fingerprint density at radius 2 is 1.45 bits per heavy atom. The van der Waals surface area contributed by atoms with Crippen molar-refractivity contribution in [3.63, 3.8) is 0 Å². The highest BCUT2D eigenvalue weighted by molar-refractivity contribution is 7.80. The van der Waals surface area contributed by atoms with E-state index < -0.39 is 67.0 Å². The Morgan fingerprint density at radius 3 is 2.00 bits per heavy atom. The molecule has 5 atom stereocenters. The number of benzene rings is 1. The number of amides is 1. The van der Waals surface area contributed by atoms with Crippen LogP contribution in [0.2, 0.25) is 0 Å². The largest absolute Gasteiger partial charge is 0.463 e. The molecule has 4 unspecified atom stereocenters. The summed E-state index contributed by atoms with van der Waals surface area (Å²) in [5.41, 5.74) is 0.190. The number of esters is 4. The van der Waals surface area contributed by atoms with Crippen LogP contribution in [0.3, 0.4) is 0 Å². The van der Waals surface area contributed by atoms with Gasteiger partial charge in [-0.15, -0.1) is 12.6 Å². The Morgan fingerprint density at radius 1 is 0.879 bits per heavy atom. The molecule has 0 saturated carbocycles. The van der Waals surface area contributed by atoms with E-state index in [0.717, 1.165) is 27.7 Å². The number of nitrogens with one attached hydrogen (secondary N) is 1. The van der Waals surface area contributed by atoms with Crippen molar-refractivity contribution in [1.82, 2.24) is 5.32 Å². The Labute approximate surface area is 195 Å². The van der Waals surface area contributed by atoms with Gasteiger partial charge in [0, 0.05) is 32.6 Å². The van der Waals surface area contributed by atoms with Gasteiger partial charge in [-0.1, -0.05) is 12.1 Å². The maximum Gasteiger partial charge on any atom is 0.305 e. The molecule has 1 N–H and O–H groups in total. The van der Waals surface area contributed by atoms with Gasteiger partial charge in [0.25, 0.3) is 5.91 Å². The first-order valence-electron chi connectivity index (χ1n) is 9.89. The van der Waals surface area contributed by atoms with Crippen molar-refractivity contribution in [2.24, 2.45) is 0 Å². The van der Waals surface area contributed by atoms with Crippen LogP contribution in [0.15, 0.2) is 29.2 Å². The maximum absolute atomic E-state index is 12.9. The molecule has 1 aromatic carbocycles. The summed E-state index contributed by atoms with van der Waals surface area (Å²) in [4.78, 5) is 60.0. The predicted molar refractivity (Wildman–Crippen MR) is 113 cm³/mol. The molecule has 1 heterocycles. The highest BCUT2D eigenvalue weighted by Crippen LogP contribution is 2.28. The van der Waals surface area contributed by atoms with Gasteiger partial charge < -0.3 is 29.0 Å². The Bertz CT molecular complexity index is 920. The van der Waals surface area contributed by atoms with E-state index in [4.69, 9.17) is 23.7 Å². The average Bonchev–Trinajstić information content (AvgIpc) is 2.70. The topological polar surface area (TPSA) is 144 Å². The molecule has 0 aliphatic carbocycles. The smallest absolute Gasteiger partial charge is 0.305 e. The molecule has 12 heteroatoms. The van der Waals surface area contributed by atoms with Crippen molar-refractivity contribution in [2.45, 2.75) is 63.2 Å². The van der Waals surface area contributed by atoms with E-state index in [0.29, 0.717) is 4.90 Å². The number of rotatable bonds is 7. The van der Waals surface area contributed by atoms with Crippen LogP contribution in [0.5, 0.6) is 0 Å². The lowest BCUT2D eigenvalue weighted by Crippen LogP contribution is -2.67. The third-order valence-corrected chi connectivity index (χ3v) is 4.82. The fourth-order valence-electron chi connectivity index (χ4n) is 3.21. The van der Waals surface area contributed by atoms with Crippen LogP contribution in [0.1, 0.15) is 38.1 Å². The Hall–Kier alpha value is -3.12. The maximum atomic E-state index is 12.9. The third kappa shape index (κ3) is 7.46. The van der Waals surface area contributed by atoms with Gasteiger partial charge in [-0.2, -0.15) is 0 Å². The number of carbonyl (C=O) groups is 5. The molecule has 11 nitrogen and oxygen atoms in total. The van der Waals surface area contributed by atoms with Gasteiger partial charge in [0.05, 0.1) is 5.56 Å². The molecule has 1 aliphatic rings. The fourth-order valence-corrected chi connectivity index (χ4v) is 3.48. The van der Waals surface area contributed by atoms with E-state index >= 15 is 0 Å². The Balaban J connectivity index is 2.47. The molecule has 0 bridgehead atoms. The third-order valence-electron chi connectivity index (χ3n) is 4.43. The second kappa shape index (κ2) is 11.7. The van der Waals surface area contributed by atoms with E-state index in [1.54, 1.807) is 18.2 Å². The molecule has 180 valence electrons. The van der Waals surface area contributed by atoms with Gasteiger partial charge in [-0.25, -0.2) is 0 Å². The molecule has 1 aliphatic heterocycles. The number of carbonyl (C=O) groups excluding carboxylic acids is 5. The summed E-state index contributed by atoms with van der Waals surface area (Å²) in [5, 5.41) is 2.61. The molecule has 2 rings (SSSR count). The van der Waals surface area contributed by atoms with Crippen molar-refractivity contribution in [3.05, 3.63) is 29.8 Å². The second-order valence-electron chi connectivity index (χ2n) is 7.12. The standard InChI is InChI=1S/C21H25NO10S/c1-10(23)28-9-15-18(29-11(2)24)19(30-12(3)25)17(21(32-15)31-13(4)26)22-20(27)14-7-5-6-8-16(14)33/h5-8,15,17-19,21,33H,9H2,1-4H3,(H,22,27)/t15?,17?,18-,19?,21?/m1/s1. The van der Waals surface area contributed by atoms with E-state index in [9.17, 15) is 24.0 Å². The summed E-state index contributed by atoms with van der Waals surface area (Å²) in [7, 11) is 0. The summed E-state index contributed by atoms with van der Waals surface area (Å²) < 4.78 is 26.6. The fraction of sp³-hybridized carbons (Fsp3) is 0.476. The van der Waals surface area contributed by atoms with E-state index in [-0.39, 0.29) is 5.56 Å². The van der Waals surface area contributed by atoms with E-state index in [2.05, 4.69) is 17.9 Å². The van der Waals surface area contributed by atoms with Crippen molar-refractivity contribution in [1.29, 1.82) is 0 Å². The monoisotopic (exact) mass is 483 g/mol. The normalized spacial score (nSPS) is 24.2. The first-order valence-corrected chi connectivity index (χ1v) is 10.3. The molecule has 0 aromatic heterocycles. The summed E-state index contributed by atoms with van der Waals surface area (Å²) in [6, 6.07) is 5.13. The van der Waals surface area contributed by atoms with Crippen LogP contribution < -0.4 is 5.32 Å². The summed E-state index contributed by atoms with van der Waals surface area (Å²) in [6.07, 6.45) is -5.28. The molecule has 1 amide bonds. The molecule has 0 spiro atoms. The molecule has 0 radical (unpaired) electrons. The average molecular weight is 483 g/mol. The van der Waals surface area contributed by atoms with Gasteiger partial charge in [-0.3, -0.25) is 24.0 Å². The lowest BCUT2D eigenvalue weighted by Gasteiger charge is -2.44. The Kier molecular flexibility index (Phi) is 9.23. The molecular formula is C21H25NO10S. The highest BCUT2D eigenvalue weighted by Gasteiger charge is 2.52. The van der Waals surface area contributed by atoms with Crippen LogP contribution in [0.25, 0.3) is 0 Å². The second-order valence-corrected chi connectivity index (χ2v) is 7.60. The van der Waals surface area contributed by atoms with Gasteiger partial charge in [0.15, 0.2) is 12.2 Å². The minimum Gasteiger partial charge on any atom is -0.463 e. The van der Waals surface area contributed by atoms with Crippen molar-refractivity contribution < 1.29 is 47.7 Å². The lowest BCUT2D eigenvalue weighted by atomic mass is 9.95. The van der Waals surface area contributed by atoms with Gasteiger partial charge >= 0.3 is 23.9 Å².